The Hall–Kier alpha value is -3.94. The number of carbonyl (C=O) groups is 1. The molecule has 0 saturated heterocycles. The summed E-state index contributed by atoms with van der Waals surface area (Å²) >= 11 is 2.40. The van der Waals surface area contributed by atoms with Crippen LogP contribution in [0, 0.1) is 0 Å². The van der Waals surface area contributed by atoms with E-state index in [1.807, 2.05) is 30.3 Å². The highest BCUT2D eigenvalue weighted by Gasteiger charge is 2.16. The fourth-order valence-electron chi connectivity index (χ4n) is 3.74. The van der Waals surface area contributed by atoms with E-state index in [2.05, 4.69) is 25.3 Å². The predicted molar refractivity (Wildman–Crippen MR) is 152 cm³/mol. The molecule has 0 unspecified atom stereocenters. The molecule has 198 valence electrons. The molecule has 39 heavy (non-hydrogen) atoms. The molecular weight excluding hydrogens is 557 g/mol. The summed E-state index contributed by atoms with van der Waals surface area (Å²) in [6.45, 7) is 0.375. The van der Waals surface area contributed by atoms with Gasteiger partial charge in [0.1, 0.15) is 0 Å². The normalized spacial score (nSPS) is 11.5. The van der Waals surface area contributed by atoms with Crippen LogP contribution in [-0.2, 0) is 27.6 Å². The van der Waals surface area contributed by atoms with E-state index in [9.17, 15) is 18.0 Å². The number of rotatable bonds is 9. The van der Waals surface area contributed by atoms with Crippen LogP contribution in [0.15, 0.2) is 87.2 Å². The summed E-state index contributed by atoms with van der Waals surface area (Å²) in [6, 6.07) is 16.2. The maximum atomic E-state index is 13.2. The van der Waals surface area contributed by atoms with Crippen molar-refractivity contribution in [3.63, 3.8) is 0 Å². The van der Waals surface area contributed by atoms with Crippen LogP contribution in [0.1, 0.15) is 5.56 Å². The first-order valence-corrected chi connectivity index (χ1v) is 15.5. The Morgan fingerprint density at radius 2 is 1.77 bits per heavy atom. The highest BCUT2D eigenvalue weighted by molar-refractivity contribution is 7.99. The Morgan fingerprint density at radius 3 is 2.51 bits per heavy atom. The molecule has 0 saturated carbocycles. The molecule has 2 aromatic carbocycles. The Labute approximate surface area is 232 Å². The van der Waals surface area contributed by atoms with Crippen molar-refractivity contribution in [2.45, 2.75) is 23.0 Å². The van der Waals surface area contributed by atoms with Crippen molar-refractivity contribution in [2.75, 3.05) is 17.3 Å². The lowest BCUT2D eigenvalue weighted by Gasteiger charge is -2.12. The molecular formula is C26H22N6O4S3. The first-order valence-electron chi connectivity index (χ1n) is 11.7. The summed E-state index contributed by atoms with van der Waals surface area (Å²) in [7, 11) is -3.29. The van der Waals surface area contributed by atoms with Gasteiger partial charge in [0.25, 0.3) is 5.56 Å². The number of anilines is 1. The number of hydrogen-bond acceptors (Lipinski definition) is 10. The number of thioether (sulfide) groups is 1. The summed E-state index contributed by atoms with van der Waals surface area (Å²) in [4.78, 5) is 43.4. The van der Waals surface area contributed by atoms with Crippen molar-refractivity contribution in [2.24, 2.45) is 0 Å². The second-order valence-corrected chi connectivity index (χ2v) is 12.3. The topological polar surface area (TPSA) is 137 Å². The van der Waals surface area contributed by atoms with Gasteiger partial charge in [-0.3, -0.25) is 14.2 Å². The Balaban J connectivity index is 1.29. The number of aryl methyl sites for hydroxylation is 1. The van der Waals surface area contributed by atoms with E-state index in [0.717, 1.165) is 29.1 Å². The summed E-state index contributed by atoms with van der Waals surface area (Å²) < 4.78 is 24.9. The molecule has 0 radical (unpaired) electrons. The highest BCUT2D eigenvalue weighted by Crippen LogP contribution is 2.26. The van der Waals surface area contributed by atoms with Gasteiger partial charge in [-0.05, 0) is 24.1 Å². The predicted octanol–water partition coefficient (Wildman–Crippen LogP) is 3.69. The van der Waals surface area contributed by atoms with Crippen LogP contribution in [0.5, 0.6) is 0 Å². The standard InChI is InChI=1S/C26H22N6O4S3/c1-39(35,36)19-9-7-18(8-10-19)20-15-37-25(29-20)30-21(33)16-38-26-31-23-22(27-12-13-28-23)24(34)32(26)14-11-17-5-3-2-4-6-17/h2-10,12-13,15H,11,14,16H2,1H3,(H,29,30,33). The van der Waals surface area contributed by atoms with Crippen LogP contribution in [0.2, 0.25) is 0 Å². The Bertz CT molecular complexity index is 1800. The largest absolute Gasteiger partial charge is 0.301 e. The number of carbonyl (C=O) groups excluding carboxylic acids is 1. The van der Waals surface area contributed by atoms with Gasteiger partial charge in [-0.1, -0.05) is 54.2 Å². The molecule has 1 amide bonds. The smallest absolute Gasteiger partial charge is 0.282 e. The highest BCUT2D eigenvalue weighted by atomic mass is 32.2. The van der Waals surface area contributed by atoms with E-state index in [1.54, 1.807) is 17.5 Å². The second kappa shape index (κ2) is 11.4. The average molecular weight is 579 g/mol. The van der Waals surface area contributed by atoms with Gasteiger partial charge in [-0.15, -0.1) is 11.3 Å². The average Bonchev–Trinajstić information content (AvgIpc) is 3.40. The van der Waals surface area contributed by atoms with Crippen molar-refractivity contribution < 1.29 is 13.2 Å². The molecule has 0 fully saturated rings. The summed E-state index contributed by atoms with van der Waals surface area (Å²) in [5, 5.41) is 5.34. The first kappa shape index (κ1) is 26.7. The minimum Gasteiger partial charge on any atom is -0.301 e. The van der Waals surface area contributed by atoms with E-state index in [0.29, 0.717) is 28.9 Å². The lowest BCUT2D eigenvalue weighted by atomic mass is 10.1. The molecule has 5 aromatic rings. The molecule has 5 rings (SSSR count). The molecule has 3 aromatic heterocycles. The maximum absolute atomic E-state index is 13.2. The van der Waals surface area contributed by atoms with E-state index >= 15 is 0 Å². The molecule has 0 atom stereocenters. The number of thiazole rings is 1. The van der Waals surface area contributed by atoms with Crippen LogP contribution in [0.4, 0.5) is 5.13 Å². The Kier molecular flexibility index (Phi) is 7.82. The molecule has 0 spiro atoms. The third-order valence-electron chi connectivity index (χ3n) is 5.69. The molecule has 13 heteroatoms. The molecule has 0 aliphatic carbocycles. The molecule has 0 aliphatic rings. The van der Waals surface area contributed by atoms with Crippen LogP contribution < -0.4 is 10.9 Å². The quantitative estimate of drug-likeness (QED) is 0.205. The first-order chi connectivity index (χ1) is 18.8. The van der Waals surface area contributed by atoms with Crippen molar-refractivity contribution in [1.82, 2.24) is 24.5 Å². The van der Waals surface area contributed by atoms with Gasteiger partial charge in [0.05, 0.1) is 16.3 Å². The number of aromatic nitrogens is 5. The van der Waals surface area contributed by atoms with Crippen molar-refractivity contribution in [3.8, 4) is 11.3 Å². The fourth-order valence-corrected chi connectivity index (χ4v) is 5.92. The number of hydrogen-bond donors (Lipinski definition) is 1. The van der Waals surface area contributed by atoms with Crippen molar-refractivity contribution in [1.29, 1.82) is 0 Å². The maximum Gasteiger partial charge on any atom is 0.282 e. The number of sulfone groups is 1. The number of amides is 1. The monoisotopic (exact) mass is 578 g/mol. The zero-order valence-corrected chi connectivity index (χ0v) is 23.1. The third-order valence-corrected chi connectivity index (χ3v) is 8.55. The van der Waals surface area contributed by atoms with Gasteiger partial charge in [0, 0.05) is 36.1 Å². The van der Waals surface area contributed by atoms with Gasteiger partial charge in [0.15, 0.2) is 31.3 Å². The lowest BCUT2D eigenvalue weighted by molar-refractivity contribution is -0.113. The zero-order valence-electron chi connectivity index (χ0n) is 20.6. The number of nitrogens with one attached hydrogen (secondary N) is 1. The van der Waals surface area contributed by atoms with Gasteiger partial charge < -0.3 is 5.32 Å². The number of nitrogens with zero attached hydrogens (tertiary/aromatic N) is 5. The summed E-state index contributed by atoms with van der Waals surface area (Å²) in [5.74, 6) is -0.307. The molecule has 0 bridgehead atoms. The van der Waals surface area contributed by atoms with Crippen LogP contribution in [0.3, 0.4) is 0 Å². The molecule has 10 nitrogen and oxygen atoms in total. The van der Waals surface area contributed by atoms with E-state index in [4.69, 9.17) is 0 Å². The van der Waals surface area contributed by atoms with Gasteiger partial charge >= 0.3 is 0 Å². The molecule has 3 heterocycles. The van der Waals surface area contributed by atoms with Gasteiger partial charge in [-0.25, -0.2) is 28.4 Å². The number of benzene rings is 2. The second-order valence-electron chi connectivity index (χ2n) is 8.49. The minimum absolute atomic E-state index is 0.00150. The zero-order chi connectivity index (χ0) is 27.4. The molecule has 0 aliphatic heterocycles. The van der Waals surface area contributed by atoms with Gasteiger partial charge in [-0.2, -0.15) is 0 Å². The van der Waals surface area contributed by atoms with E-state index < -0.39 is 9.84 Å². The SMILES string of the molecule is CS(=O)(=O)c1ccc(-c2csc(NC(=O)CSc3nc4nccnc4c(=O)n3CCc3ccccc3)n2)cc1. The van der Waals surface area contributed by atoms with E-state index in [1.165, 1.54) is 40.4 Å². The van der Waals surface area contributed by atoms with Crippen LogP contribution in [0.25, 0.3) is 22.4 Å². The summed E-state index contributed by atoms with van der Waals surface area (Å²) in [5.41, 5.74) is 2.53. The van der Waals surface area contributed by atoms with Crippen molar-refractivity contribution in [3.05, 3.63) is 88.3 Å². The van der Waals surface area contributed by atoms with Gasteiger partial charge in [0.2, 0.25) is 5.91 Å². The number of fused-ring (bicyclic) bond motifs is 1. The summed E-state index contributed by atoms with van der Waals surface area (Å²) in [6.07, 6.45) is 4.69. The fraction of sp³-hybridized carbons (Fsp3) is 0.154. The Morgan fingerprint density at radius 1 is 1.03 bits per heavy atom. The minimum atomic E-state index is -3.29. The van der Waals surface area contributed by atoms with Crippen LogP contribution in [-0.4, -0.2) is 50.8 Å². The van der Waals surface area contributed by atoms with Crippen molar-refractivity contribution >= 4 is 55.1 Å². The lowest BCUT2D eigenvalue weighted by Crippen LogP contribution is -2.26. The molecule has 1 N–H and O–H groups in total. The van der Waals surface area contributed by atoms with Crippen LogP contribution >= 0.6 is 23.1 Å². The third kappa shape index (κ3) is 6.38. The van der Waals surface area contributed by atoms with E-state index in [-0.39, 0.29) is 33.3 Å².